The number of ether oxygens (including phenoxy) is 7. The van der Waals surface area contributed by atoms with Crippen molar-refractivity contribution >= 4 is 5.97 Å². The summed E-state index contributed by atoms with van der Waals surface area (Å²) >= 11 is 0. The van der Waals surface area contributed by atoms with Crippen molar-refractivity contribution in [3.8, 4) is 45.6 Å². The zero-order valence-electron chi connectivity index (χ0n) is 21.9. The zero-order chi connectivity index (χ0) is 26.2. The third-order valence-electron chi connectivity index (χ3n) is 7.06. The highest BCUT2D eigenvalue weighted by Crippen LogP contribution is 2.59. The van der Waals surface area contributed by atoms with Crippen LogP contribution in [0.15, 0.2) is 12.1 Å². The fraction of sp³-hybridized carbons (Fsp3) is 0.519. The number of fused-ring (bicyclic) bond motifs is 4. The van der Waals surface area contributed by atoms with E-state index in [4.69, 9.17) is 33.2 Å². The first-order valence-electron chi connectivity index (χ1n) is 12.0. The highest BCUT2D eigenvalue weighted by atomic mass is 16.7. The lowest BCUT2D eigenvalue weighted by Crippen LogP contribution is -2.43. The molecule has 1 heterocycles. The van der Waals surface area contributed by atoms with Gasteiger partial charge in [-0.05, 0) is 43.4 Å². The van der Waals surface area contributed by atoms with Crippen LogP contribution in [0.4, 0.5) is 0 Å². The first kappa shape index (κ1) is 25.8. The average molecular weight is 503 g/mol. The molecule has 1 aliphatic carbocycles. The molecule has 2 aromatic carbocycles. The zero-order valence-corrected chi connectivity index (χ0v) is 21.9. The molecule has 9 heteroatoms. The van der Waals surface area contributed by atoms with Crippen LogP contribution in [-0.2, 0) is 16.0 Å². The Kier molecular flexibility index (Phi) is 7.13. The van der Waals surface area contributed by atoms with E-state index < -0.39 is 17.7 Å². The molecule has 0 aromatic heterocycles. The summed E-state index contributed by atoms with van der Waals surface area (Å²) in [7, 11) is 6.11. The predicted octanol–water partition coefficient (Wildman–Crippen LogP) is 4.44. The summed E-state index contributed by atoms with van der Waals surface area (Å²) in [6, 6.07) is 3.62. The molecule has 0 amide bonds. The van der Waals surface area contributed by atoms with Gasteiger partial charge in [-0.15, -0.1) is 0 Å². The van der Waals surface area contributed by atoms with E-state index in [2.05, 4.69) is 0 Å². The van der Waals surface area contributed by atoms with E-state index in [1.54, 1.807) is 20.1 Å². The van der Waals surface area contributed by atoms with Crippen molar-refractivity contribution in [3.05, 3.63) is 23.3 Å². The number of hydrogen-bond donors (Lipinski definition) is 1. The monoisotopic (exact) mass is 502 g/mol. The Morgan fingerprint density at radius 2 is 1.72 bits per heavy atom. The highest BCUT2D eigenvalue weighted by molar-refractivity contribution is 5.89. The van der Waals surface area contributed by atoms with Gasteiger partial charge in [0.05, 0.1) is 28.4 Å². The predicted molar refractivity (Wildman–Crippen MR) is 131 cm³/mol. The van der Waals surface area contributed by atoms with E-state index >= 15 is 0 Å². The summed E-state index contributed by atoms with van der Waals surface area (Å²) in [5, 5.41) is 11.9. The molecule has 9 nitrogen and oxygen atoms in total. The molecule has 3 atom stereocenters. The van der Waals surface area contributed by atoms with Gasteiger partial charge in [-0.2, -0.15) is 0 Å². The number of carbonyl (C=O) groups excluding carboxylic acids is 1. The Bertz CT molecular complexity index is 1150. The van der Waals surface area contributed by atoms with Crippen molar-refractivity contribution in [1.29, 1.82) is 0 Å². The molecule has 2 aromatic rings. The lowest BCUT2D eigenvalue weighted by Gasteiger charge is -2.41. The van der Waals surface area contributed by atoms with Gasteiger partial charge in [0, 0.05) is 23.1 Å². The minimum absolute atomic E-state index is 0.0645. The number of benzene rings is 2. The van der Waals surface area contributed by atoms with Gasteiger partial charge in [0.15, 0.2) is 29.1 Å². The normalized spacial score (nSPS) is 22.0. The summed E-state index contributed by atoms with van der Waals surface area (Å²) in [5.74, 6) is 1.84. The molecule has 0 bridgehead atoms. The number of rotatable bonds is 7. The third kappa shape index (κ3) is 4.05. The van der Waals surface area contributed by atoms with E-state index in [1.807, 2.05) is 19.9 Å². The summed E-state index contributed by atoms with van der Waals surface area (Å²) in [6.45, 7) is 5.57. The second kappa shape index (κ2) is 9.97. The van der Waals surface area contributed by atoms with Crippen LogP contribution in [0.1, 0.15) is 50.8 Å². The third-order valence-corrected chi connectivity index (χ3v) is 7.06. The lowest BCUT2D eigenvalue weighted by molar-refractivity contribution is -0.171. The molecule has 1 aliphatic heterocycles. The van der Waals surface area contributed by atoms with Crippen molar-refractivity contribution in [2.45, 2.75) is 51.7 Å². The lowest BCUT2D eigenvalue weighted by atomic mass is 9.73. The van der Waals surface area contributed by atoms with Gasteiger partial charge in [-0.3, -0.25) is 4.79 Å². The molecule has 196 valence electrons. The maximum absolute atomic E-state index is 12.8. The van der Waals surface area contributed by atoms with Gasteiger partial charge < -0.3 is 38.3 Å². The summed E-state index contributed by atoms with van der Waals surface area (Å²) in [4.78, 5) is 12.8. The Balaban J connectivity index is 2.15. The van der Waals surface area contributed by atoms with Gasteiger partial charge >= 0.3 is 5.97 Å². The molecule has 1 N–H and O–H groups in total. The fourth-order valence-electron chi connectivity index (χ4n) is 5.02. The first-order chi connectivity index (χ1) is 17.2. The Morgan fingerprint density at radius 1 is 1.03 bits per heavy atom. The van der Waals surface area contributed by atoms with Gasteiger partial charge in [0.1, 0.15) is 5.60 Å². The molecule has 0 unspecified atom stereocenters. The van der Waals surface area contributed by atoms with Crippen LogP contribution in [0.3, 0.4) is 0 Å². The molecule has 0 radical (unpaired) electrons. The van der Waals surface area contributed by atoms with E-state index in [1.165, 1.54) is 21.3 Å². The molecule has 0 fully saturated rings. The van der Waals surface area contributed by atoms with Crippen molar-refractivity contribution in [1.82, 2.24) is 0 Å². The van der Waals surface area contributed by atoms with E-state index in [0.717, 1.165) is 5.56 Å². The molecule has 0 saturated carbocycles. The Labute approximate surface area is 211 Å². The number of aliphatic hydroxyl groups is 1. The van der Waals surface area contributed by atoms with Crippen LogP contribution in [0.2, 0.25) is 0 Å². The number of esters is 1. The molecule has 0 spiro atoms. The van der Waals surface area contributed by atoms with Gasteiger partial charge in [0.2, 0.25) is 18.3 Å². The van der Waals surface area contributed by atoms with Crippen molar-refractivity contribution in [2.24, 2.45) is 5.92 Å². The van der Waals surface area contributed by atoms with Crippen molar-refractivity contribution in [3.63, 3.8) is 0 Å². The average Bonchev–Trinajstić information content (AvgIpc) is 3.33. The maximum atomic E-state index is 12.8. The van der Waals surface area contributed by atoms with Gasteiger partial charge in [-0.25, -0.2) is 0 Å². The largest absolute Gasteiger partial charge is 0.493 e. The number of carbonyl (C=O) groups is 1. The van der Waals surface area contributed by atoms with E-state index in [9.17, 15) is 9.90 Å². The second-order valence-corrected chi connectivity index (χ2v) is 9.24. The van der Waals surface area contributed by atoms with Crippen LogP contribution >= 0.6 is 0 Å². The minimum atomic E-state index is -1.44. The molecule has 4 rings (SSSR count). The van der Waals surface area contributed by atoms with Crippen molar-refractivity contribution in [2.75, 3.05) is 35.2 Å². The van der Waals surface area contributed by atoms with Gasteiger partial charge in [-0.1, -0.05) is 13.8 Å². The SMILES string of the molecule is CCCC(=O)O[C@H]1c2cc(OC)c(OC)c(OC)c2-c2c(cc3c(c2OC)OCO3)C[C@H](C)[C@]1(C)O. The van der Waals surface area contributed by atoms with Crippen LogP contribution in [-0.4, -0.2) is 51.9 Å². The molecule has 2 aliphatic rings. The number of methoxy groups -OCH3 is 4. The molecular formula is C27H34O9. The molecular weight excluding hydrogens is 468 g/mol. The van der Waals surface area contributed by atoms with Crippen LogP contribution in [0.5, 0.6) is 34.5 Å². The number of hydrogen-bond acceptors (Lipinski definition) is 9. The summed E-state index contributed by atoms with van der Waals surface area (Å²) in [5.41, 5.74) is 1.16. The van der Waals surface area contributed by atoms with E-state index in [0.29, 0.717) is 64.0 Å². The van der Waals surface area contributed by atoms with Crippen molar-refractivity contribution < 1.29 is 43.1 Å². The Hall–Kier alpha value is -3.33. The van der Waals surface area contributed by atoms with Crippen LogP contribution in [0, 0.1) is 5.92 Å². The first-order valence-corrected chi connectivity index (χ1v) is 12.0. The molecule has 36 heavy (non-hydrogen) atoms. The quantitative estimate of drug-likeness (QED) is 0.550. The smallest absolute Gasteiger partial charge is 0.306 e. The van der Waals surface area contributed by atoms with E-state index in [-0.39, 0.29) is 19.1 Å². The van der Waals surface area contributed by atoms with Crippen LogP contribution in [0.25, 0.3) is 11.1 Å². The summed E-state index contributed by atoms with van der Waals surface area (Å²) in [6.07, 6.45) is 0.248. The maximum Gasteiger partial charge on any atom is 0.306 e. The minimum Gasteiger partial charge on any atom is -0.493 e. The molecule has 0 saturated heterocycles. The topological polar surface area (TPSA) is 102 Å². The standard InChI is InChI=1S/C27H34O9/c1-8-9-19(28)36-26-16-12-17(30-4)22(31-5)25(33-7)21(16)20-15(10-14(2)27(26,3)29)11-18-23(24(20)32-6)35-13-34-18/h11-12,14,26,29H,8-10,13H2,1-7H3/t14-,26-,27-/m0/s1. The highest BCUT2D eigenvalue weighted by Gasteiger charge is 2.47. The second-order valence-electron chi connectivity index (χ2n) is 9.24. The Morgan fingerprint density at radius 3 is 2.33 bits per heavy atom. The fourth-order valence-corrected chi connectivity index (χ4v) is 5.02. The van der Waals surface area contributed by atoms with Crippen LogP contribution < -0.4 is 28.4 Å². The van der Waals surface area contributed by atoms with Gasteiger partial charge in [0.25, 0.3) is 0 Å². The summed E-state index contributed by atoms with van der Waals surface area (Å²) < 4.78 is 40.5.